The van der Waals surface area contributed by atoms with Crippen LogP contribution < -0.4 is 5.32 Å². The first-order valence-electron chi connectivity index (χ1n) is 7.44. The fourth-order valence-corrected chi connectivity index (χ4v) is 3.20. The maximum atomic E-state index is 12.5. The predicted molar refractivity (Wildman–Crippen MR) is 71.3 cm³/mol. The standard InChI is InChI=1S/C14H26N2O2/c17-10-9-16(11-13-7-4-8-15-13)14(18)12-5-2-1-3-6-12/h12-13,15,17H,1-11H2. The summed E-state index contributed by atoms with van der Waals surface area (Å²) in [6, 6.07) is 0.434. The minimum atomic E-state index is 0.0746. The summed E-state index contributed by atoms with van der Waals surface area (Å²) in [5, 5.41) is 12.6. The number of carbonyl (C=O) groups excluding carboxylic acids is 1. The van der Waals surface area contributed by atoms with E-state index in [2.05, 4.69) is 5.32 Å². The van der Waals surface area contributed by atoms with Crippen LogP contribution in [-0.4, -0.2) is 48.2 Å². The van der Waals surface area contributed by atoms with Crippen LogP contribution in [0.4, 0.5) is 0 Å². The van der Waals surface area contributed by atoms with Crippen LogP contribution in [0.5, 0.6) is 0 Å². The van der Waals surface area contributed by atoms with Crippen LogP contribution in [0.25, 0.3) is 0 Å². The maximum absolute atomic E-state index is 12.5. The molecule has 2 aliphatic rings. The third kappa shape index (κ3) is 3.69. The summed E-state index contributed by atoms with van der Waals surface area (Å²) in [6.07, 6.45) is 8.08. The van der Waals surface area contributed by atoms with Crippen LogP contribution in [0.3, 0.4) is 0 Å². The summed E-state index contributed by atoms with van der Waals surface area (Å²) in [4.78, 5) is 14.4. The fraction of sp³-hybridized carbons (Fsp3) is 0.929. The average Bonchev–Trinajstić information content (AvgIpc) is 2.91. The number of nitrogens with one attached hydrogen (secondary N) is 1. The van der Waals surface area contributed by atoms with Gasteiger partial charge < -0.3 is 15.3 Å². The predicted octanol–water partition coefficient (Wildman–Crippen LogP) is 1.14. The van der Waals surface area contributed by atoms with Crippen molar-refractivity contribution in [3.8, 4) is 0 Å². The smallest absolute Gasteiger partial charge is 0.225 e. The summed E-state index contributed by atoms with van der Waals surface area (Å²) in [7, 11) is 0. The molecule has 1 saturated heterocycles. The zero-order valence-corrected chi connectivity index (χ0v) is 11.2. The molecule has 1 saturated carbocycles. The Morgan fingerprint density at radius 1 is 1.17 bits per heavy atom. The molecule has 4 nitrogen and oxygen atoms in total. The van der Waals surface area contributed by atoms with E-state index in [1.165, 1.54) is 25.7 Å². The number of carbonyl (C=O) groups is 1. The van der Waals surface area contributed by atoms with Gasteiger partial charge in [0.15, 0.2) is 0 Å². The lowest BCUT2D eigenvalue weighted by Crippen LogP contribution is -2.45. The molecule has 1 unspecified atom stereocenters. The first-order valence-corrected chi connectivity index (χ1v) is 7.44. The summed E-state index contributed by atoms with van der Waals surface area (Å²) in [5.41, 5.74) is 0. The van der Waals surface area contributed by atoms with Crippen molar-refractivity contribution in [2.45, 2.75) is 51.0 Å². The van der Waals surface area contributed by atoms with Gasteiger partial charge in [-0.25, -0.2) is 0 Å². The highest BCUT2D eigenvalue weighted by molar-refractivity contribution is 5.79. The molecule has 4 heteroatoms. The molecule has 0 spiro atoms. The van der Waals surface area contributed by atoms with Gasteiger partial charge in [-0.2, -0.15) is 0 Å². The molecule has 2 rings (SSSR count). The van der Waals surface area contributed by atoms with Gasteiger partial charge in [0.1, 0.15) is 0 Å². The Hall–Kier alpha value is -0.610. The van der Waals surface area contributed by atoms with E-state index in [9.17, 15) is 4.79 Å². The molecule has 2 N–H and O–H groups in total. The molecule has 18 heavy (non-hydrogen) atoms. The number of rotatable bonds is 5. The van der Waals surface area contributed by atoms with Crippen molar-refractivity contribution in [2.75, 3.05) is 26.2 Å². The van der Waals surface area contributed by atoms with Crippen LogP contribution in [0.15, 0.2) is 0 Å². The molecule has 104 valence electrons. The molecular weight excluding hydrogens is 228 g/mol. The molecule has 0 radical (unpaired) electrons. The molecular formula is C14H26N2O2. The van der Waals surface area contributed by atoms with Crippen molar-refractivity contribution in [3.05, 3.63) is 0 Å². The number of nitrogens with zero attached hydrogens (tertiary/aromatic N) is 1. The van der Waals surface area contributed by atoms with E-state index in [1.807, 2.05) is 4.90 Å². The number of aliphatic hydroxyl groups is 1. The molecule has 0 aromatic heterocycles. The molecule has 0 aromatic carbocycles. The maximum Gasteiger partial charge on any atom is 0.225 e. The fourth-order valence-electron chi connectivity index (χ4n) is 3.20. The molecule has 0 bridgehead atoms. The Balaban J connectivity index is 1.87. The van der Waals surface area contributed by atoms with Crippen LogP contribution in [-0.2, 0) is 4.79 Å². The van der Waals surface area contributed by atoms with Crippen molar-refractivity contribution in [2.24, 2.45) is 5.92 Å². The lowest BCUT2D eigenvalue weighted by Gasteiger charge is -2.30. The third-order valence-corrected chi connectivity index (χ3v) is 4.24. The van der Waals surface area contributed by atoms with Crippen molar-refractivity contribution < 1.29 is 9.90 Å². The number of hydrogen-bond acceptors (Lipinski definition) is 3. The van der Waals surface area contributed by atoms with Gasteiger partial charge in [-0.1, -0.05) is 19.3 Å². The molecule has 1 aliphatic heterocycles. The number of hydrogen-bond donors (Lipinski definition) is 2. The van der Waals surface area contributed by atoms with E-state index in [4.69, 9.17) is 5.11 Å². The normalized spacial score (nSPS) is 25.3. The van der Waals surface area contributed by atoms with Gasteiger partial charge in [0, 0.05) is 25.0 Å². The lowest BCUT2D eigenvalue weighted by molar-refractivity contribution is -0.137. The van der Waals surface area contributed by atoms with E-state index in [0.717, 1.165) is 32.4 Å². The van der Waals surface area contributed by atoms with Crippen molar-refractivity contribution in [1.82, 2.24) is 10.2 Å². The second-order valence-electron chi connectivity index (χ2n) is 5.64. The molecule has 2 fully saturated rings. The van der Waals surface area contributed by atoms with E-state index < -0.39 is 0 Å². The quantitative estimate of drug-likeness (QED) is 0.773. The molecule has 1 heterocycles. The second-order valence-corrected chi connectivity index (χ2v) is 5.64. The largest absolute Gasteiger partial charge is 0.395 e. The first-order chi connectivity index (χ1) is 8.81. The molecule has 1 aliphatic carbocycles. The van der Waals surface area contributed by atoms with Gasteiger partial charge in [-0.05, 0) is 32.2 Å². The Labute approximate surface area is 110 Å². The van der Waals surface area contributed by atoms with Gasteiger partial charge in [0.05, 0.1) is 6.61 Å². The van der Waals surface area contributed by atoms with Crippen LogP contribution in [0.2, 0.25) is 0 Å². The van der Waals surface area contributed by atoms with E-state index in [0.29, 0.717) is 12.6 Å². The van der Waals surface area contributed by atoms with E-state index >= 15 is 0 Å². The third-order valence-electron chi connectivity index (χ3n) is 4.24. The van der Waals surface area contributed by atoms with Crippen LogP contribution >= 0.6 is 0 Å². The van der Waals surface area contributed by atoms with Crippen LogP contribution in [0, 0.1) is 5.92 Å². The summed E-state index contributed by atoms with van der Waals surface area (Å²) in [5.74, 6) is 0.490. The highest BCUT2D eigenvalue weighted by Crippen LogP contribution is 2.25. The Morgan fingerprint density at radius 3 is 2.56 bits per heavy atom. The highest BCUT2D eigenvalue weighted by atomic mass is 16.3. The SMILES string of the molecule is O=C(C1CCCCC1)N(CCO)CC1CCCN1. The topological polar surface area (TPSA) is 52.6 Å². The van der Waals surface area contributed by atoms with Gasteiger partial charge in [0.2, 0.25) is 5.91 Å². The summed E-state index contributed by atoms with van der Waals surface area (Å²) in [6.45, 7) is 2.41. The zero-order chi connectivity index (χ0) is 12.8. The second kappa shape index (κ2) is 7.10. The van der Waals surface area contributed by atoms with Crippen LogP contribution in [0.1, 0.15) is 44.9 Å². The minimum Gasteiger partial charge on any atom is -0.395 e. The summed E-state index contributed by atoms with van der Waals surface area (Å²) < 4.78 is 0. The Bertz CT molecular complexity index is 259. The number of aliphatic hydroxyl groups excluding tert-OH is 1. The van der Waals surface area contributed by atoms with Gasteiger partial charge in [0.25, 0.3) is 0 Å². The van der Waals surface area contributed by atoms with Gasteiger partial charge >= 0.3 is 0 Å². The lowest BCUT2D eigenvalue weighted by atomic mass is 9.88. The van der Waals surface area contributed by atoms with E-state index in [-0.39, 0.29) is 18.4 Å². The highest BCUT2D eigenvalue weighted by Gasteiger charge is 2.27. The van der Waals surface area contributed by atoms with Crippen molar-refractivity contribution in [3.63, 3.8) is 0 Å². The van der Waals surface area contributed by atoms with E-state index in [1.54, 1.807) is 0 Å². The molecule has 1 atom stereocenters. The number of amides is 1. The first kappa shape index (κ1) is 13.8. The Morgan fingerprint density at radius 2 is 1.94 bits per heavy atom. The minimum absolute atomic E-state index is 0.0746. The van der Waals surface area contributed by atoms with Gasteiger partial charge in [-0.3, -0.25) is 4.79 Å². The van der Waals surface area contributed by atoms with Gasteiger partial charge in [-0.15, -0.1) is 0 Å². The monoisotopic (exact) mass is 254 g/mol. The zero-order valence-electron chi connectivity index (χ0n) is 11.2. The molecule has 0 aromatic rings. The van der Waals surface area contributed by atoms with Crippen molar-refractivity contribution >= 4 is 5.91 Å². The average molecular weight is 254 g/mol. The molecule has 1 amide bonds. The van der Waals surface area contributed by atoms with Crippen molar-refractivity contribution in [1.29, 1.82) is 0 Å². The Kier molecular flexibility index (Phi) is 5.45. The summed E-state index contributed by atoms with van der Waals surface area (Å²) >= 11 is 0.